The molecule has 0 aliphatic rings. The number of pyridine rings is 1. The number of carbonyl (C=O) groups is 1. The smallest absolute Gasteiger partial charge is 0.416 e. The highest BCUT2D eigenvalue weighted by molar-refractivity contribution is 5.95. The average molecular weight is 283 g/mol. The van der Waals surface area contributed by atoms with Gasteiger partial charge >= 0.3 is 12.1 Å². The van der Waals surface area contributed by atoms with Gasteiger partial charge in [-0.25, -0.2) is 4.79 Å². The summed E-state index contributed by atoms with van der Waals surface area (Å²) in [6, 6.07) is 5.07. The highest BCUT2D eigenvalue weighted by Crippen LogP contribution is 2.32. The van der Waals surface area contributed by atoms with Crippen LogP contribution in [-0.2, 0) is 6.18 Å². The molecule has 0 atom stereocenters. The van der Waals surface area contributed by atoms with Crippen LogP contribution in [0.2, 0.25) is 0 Å². The summed E-state index contributed by atoms with van der Waals surface area (Å²) in [6.07, 6.45) is -3.44. The van der Waals surface area contributed by atoms with Crippen molar-refractivity contribution in [2.45, 2.75) is 6.18 Å². The average Bonchev–Trinajstić information content (AvgIpc) is 2.37. The molecule has 0 unspecified atom stereocenters. The first-order chi connectivity index (χ1) is 9.29. The molecule has 4 nitrogen and oxygen atoms in total. The van der Waals surface area contributed by atoms with Crippen LogP contribution in [0.15, 0.2) is 41.3 Å². The molecule has 0 aliphatic heterocycles. The van der Waals surface area contributed by atoms with Crippen LogP contribution in [0, 0.1) is 0 Å². The van der Waals surface area contributed by atoms with E-state index in [1.54, 1.807) is 0 Å². The minimum Gasteiger partial charge on any atom is -0.478 e. The zero-order valence-corrected chi connectivity index (χ0v) is 9.86. The first-order valence-corrected chi connectivity index (χ1v) is 5.42. The monoisotopic (exact) mass is 283 g/mol. The molecule has 0 aliphatic carbocycles. The molecule has 1 aromatic carbocycles. The highest BCUT2D eigenvalue weighted by Gasteiger charge is 2.30. The van der Waals surface area contributed by atoms with Crippen LogP contribution in [0.25, 0.3) is 11.1 Å². The molecule has 0 spiro atoms. The first-order valence-electron chi connectivity index (χ1n) is 5.42. The molecule has 0 fully saturated rings. The van der Waals surface area contributed by atoms with Crippen LogP contribution in [0.3, 0.4) is 0 Å². The summed E-state index contributed by atoms with van der Waals surface area (Å²) in [7, 11) is 0. The lowest BCUT2D eigenvalue weighted by Crippen LogP contribution is -2.11. The topological polar surface area (TPSA) is 70.2 Å². The largest absolute Gasteiger partial charge is 0.478 e. The number of aromatic amines is 1. The van der Waals surface area contributed by atoms with Gasteiger partial charge in [0.2, 0.25) is 5.56 Å². The fourth-order valence-corrected chi connectivity index (χ4v) is 1.75. The van der Waals surface area contributed by atoms with Gasteiger partial charge in [0.15, 0.2) is 0 Å². The zero-order chi connectivity index (χ0) is 14.9. The third-order valence-electron chi connectivity index (χ3n) is 2.66. The normalized spacial score (nSPS) is 11.3. The van der Waals surface area contributed by atoms with Gasteiger partial charge in [-0.15, -0.1) is 0 Å². The van der Waals surface area contributed by atoms with E-state index in [9.17, 15) is 22.8 Å². The number of benzene rings is 1. The van der Waals surface area contributed by atoms with E-state index in [-0.39, 0.29) is 16.7 Å². The summed E-state index contributed by atoms with van der Waals surface area (Å²) in [5.41, 5.74) is -1.81. The second kappa shape index (κ2) is 4.84. The number of hydrogen-bond acceptors (Lipinski definition) is 2. The van der Waals surface area contributed by atoms with Gasteiger partial charge < -0.3 is 10.1 Å². The molecule has 7 heteroatoms. The van der Waals surface area contributed by atoms with Crippen molar-refractivity contribution in [2.75, 3.05) is 0 Å². The van der Waals surface area contributed by atoms with Crippen molar-refractivity contribution in [3.05, 3.63) is 58.0 Å². The predicted octanol–water partition coefficient (Wildman–Crippen LogP) is 2.76. The van der Waals surface area contributed by atoms with Gasteiger partial charge in [0.1, 0.15) is 0 Å². The predicted molar refractivity (Wildman–Crippen MR) is 64.5 cm³/mol. The quantitative estimate of drug-likeness (QED) is 0.890. The molecule has 0 saturated carbocycles. The van der Waals surface area contributed by atoms with Crippen LogP contribution >= 0.6 is 0 Å². The molecule has 2 rings (SSSR count). The SMILES string of the molecule is O=C(O)c1cc(=O)[nH]cc1-c1cccc(C(F)(F)F)c1. The summed E-state index contributed by atoms with van der Waals surface area (Å²) < 4.78 is 37.9. The van der Waals surface area contributed by atoms with Crippen molar-refractivity contribution in [1.29, 1.82) is 0 Å². The van der Waals surface area contributed by atoms with Crippen LogP contribution in [0.4, 0.5) is 13.2 Å². The summed E-state index contributed by atoms with van der Waals surface area (Å²) in [5.74, 6) is -1.39. The Morgan fingerprint density at radius 3 is 2.50 bits per heavy atom. The number of carboxylic acids is 1. The molecule has 104 valence electrons. The Bertz CT molecular complexity index is 719. The Balaban J connectivity index is 2.63. The number of nitrogens with one attached hydrogen (secondary N) is 1. The van der Waals surface area contributed by atoms with Gasteiger partial charge in [0, 0.05) is 17.8 Å². The van der Waals surface area contributed by atoms with Crippen molar-refractivity contribution >= 4 is 5.97 Å². The maximum atomic E-state index is 12.6. The summed E-state index contributed by atoms with van der Waals surface area (Å²) >= 11 is 0. The van der Waals surface area contributed by atoms with E-state index in [0.717, 1.165) is 24.4 Å². The Kier molecular flexibility index (Phi) is 3.35. The molecule has 0 saturated heterocycles. The minimum atomic E-state index is -4.53. The second-order valence-electron chi connectivity index (χ2n) is 4.01. The Morgan fingerprint density at radius 2 is 1.90 bits per heavy atom. The molecular weight excluding hydrogens is 275 g/mol. The Hall–Kier alpha value is -2.57. The maximum Gasteiger partial charge on any atom is 0.416 e. The maximum absolute atomic E-state index is 12.6. The van der Waals surface area contributed by atoms with E-state index in [4.69, 9.17) is 5.11 Å². The van der Waals surface area contributed by atoms with Crippen molar-refractivity contribution in [3.8, 4) is 11.1 Å². The summed E-state index contributed by atoms with van der Waals surface area (Å²) in [4.78, 5) is 24.4. The molecule has 2 N–H and O–H groups in total. The van der Waals surface area contributed by atoms with Crippen molar-refractivity contribution in [3.63, 3.8) is 0 Å². The molecule has 1 aromatic heterocycles. The van der Waals surface area contributed by atoms with E-state index in [2.05, 4.69) is 4.98 Å². The number of hydrogen-bond donors (Lipinski definition) is 2. The van der Waals surface area contributed by atoms with E-state index < -0.39 is 23.3 Å². The summed E-state index contributed by atoms with van der Waals surface area (Å²) in [6.45, 7) is 0. The number of carboxylic acid groups (broad SMARTS) is 1. The number of rotatable bonds is 2. The lowest BCUT2D eigenvalue weighted by atomic mass is 10.00. The molecule has 1 heterocycles. The Labute approximate surface area is 110 Å². The molecule has 0 amide bonds. The number of halogens is 3. The fourth-order valence-electron chi connectivity index (χ4n) is 1.75. The van der Waals surface area contributed by atoms with Crippen molar-refractivity contribution in [1.82, 2.24) is 4.98 Å². The second-order valence-corrected chi connectivity index (χ2v) is 4.01. The van der Waals surface area contributed by atoms with Gasteiger partial charge in [0.05, 0.1) is 11.1 Å². The lowest BCUT2D eigenvalue weighted by Gasteiger charge is -2.10. The van der Waals surface area contributed by atoms with Gasteiger partial charge in [-0.1, -0.05) is 12.1 Å². The molecule has 0 bridgehead atoms. The van der Waals surface area contributed by atoms with Crippen molar-refractivity contribution in [2.24, 2.45) is 0 Å². The number of aromatic nitrogens is 1. The minimum absolute atomic E-state index is 0.0169. The van der Waals surface area contributed by atoms with Gasteiger partial charge in [-0.2, -0.15) is 13.2 Å². The van der Waals surface area contributed by atoms with Crippen LogP contribution in [0.1, 0.15) is 15.9 Å². The van der Waals surface area contributed by atoms with Crippen LogP contribution in [-0.4, -0.2) is 16.1 Å². The standard InChI is InChI=1S/C13H8F3NO3/c14-13(15,16)8-3-1-2-7(4-8)10-6-17-11(18)5-9(10)12(19)20/h1-6H,(H,17,18)(H,19,20). The van der Waals surface area contributed by atoms with E-state index in [1.165, 1.54) is 12.1 Å². The third-order valence-corrected chi connectivity index (χ3v) is 2.66. The third kappa shape index (κ3) is 2.71. The lowest BCUT2D eigenvalue weighted by molar-refractivity contribution is -0.137. The number of H-pyrrole nitrogens is 1. The van der Waals surface area contributed by atoms with Gasteiger partial charge in [0.25, 0.3) is 0 Å². The van der Waals surface area contributed by atoms with Crippen LogP contribution < -0.4 is 5.56 Å². The van der Waals surface area contributed by atoms with Gasteiger partial charge in [-0.05, 0) is 17.7 Å². The molecule has 0 radical (unpaired) electrons. The number of alkyl halides is 3. The van der Waals surface area contributed by atoms with E-state index in [0.29, 0.717) is 0 Å². The molecular formula is C13H8F3NO3. The van der Waals surface area contributed by atoms with E-state index >= 15 is 0 Å². The van der Waals surface area contributed by atoms with Crippen LogP contribution in [0.5, 0.6) is 0 Å². The first kappa shape index (κ1) is 13.9. The number of aromatic carboxylic acids is 1. The zero-order valence-electron chi connectivity index (χ0n) is 9.86. The van der Waals surface area contributed by atoms with E-state index in [1.807, 2.05) is 0 Å². The molecule has 20 heavy (non-hydrogen) atoms. The highest BCUT2D eigenvalue weighted by atomic mass is 19.4. The fraction of sp³-hybridized carbons (Fsp3) is 0.0769. The Morgan fingerprint density at radius 1 is 1.20 bits per heavy atom. The van der Waals surface area contributed by atoms with Gasteiger partial charge in [-0.3, -0.25) is 4.79 Å². The summed E-state index contributed by atoms with van der Waals surface area (Å²) in [5, 5.41) is 9.01. The molecule has 2 aromatic rings. The van der Waals surface area contributed by atoms with Crippen molar-refractivity contribution < 1.29 is 23.1 Å².